The maximum Gasteiger partial charge on any atom is 0.282 e. The van der Waals surface area contributed by atoms with Gasteiger partial charge < -0.3 is 5.11 Å². The van der Waals surface area contributed by atoms with Crippen molar-refractivity contribution in [2.75, 3.05) is 4.72 Å². The van der Waals surface area contributed by atoms with Crippen LogP contribution in [0, 0.1) is 5.82 Å². The lowest BCUT2D eigenvalue weighted by atomic mass is 10.2. The number of halogens is 1. The summed E-state index contributed by atoms with van der Waals surface area (Å²) in [5.74, 6) is -0.915. The van der Waals surface area contributed by atoms with Gasteiger partial charge in [0.1, 0.15) is 0 Å². The van der Waals surface area contributed by atoms with Gasteiger partial charge in [-0.05, 0) is 29.8 Å². The van der Waals surface area contributed by atoms with Gasteiger partial charge in [0, 0.05) is 11.9 Å². The average Bonchev–Trinajstić information content (AvgIpc) is 2.39. The Hall–Kier alpha value is -1.99. The number of nitrogens with one attached hydrogen (secondary N) is 1. The molecule has 2 aromatic rings. The fourth-order valence-corrected chi connectivity index (χ4v) is 2.52. The van der Waals surface area contributed by atoms with Gasteiger partial charge in [-0.3, -0.25) is 4.72 Å². The normalized spacial score (nSPS) is 11.3. The van der Waals surface area contributed by atoms with Gasteiger partial charge in [0.05, 0.1) is 6.61 Å². The van der Waals surface area contributed by atoms with Crippen LogP contribution in [0.3, 0.4) is 0 Å². The molecule has 100 valence electrons. The summed E-state index contributed by atoms with van der Waals surface area (Å²) in [6.45, 7) is -0.137. The Morgan fingerprint density at radius 2 is 1.89 bits per heavy atom. The van der Waals surface area contributed by atoms with E-state index in [0.717, 1.165) is 6.07 Å². The SMILES string of the molecule is O=S(=O)(Nc1ccc(CO)cc1)c1ncccc1F. The molecule has 2 N–H and O–H groups in total. The highest BCUT2D eigenvalue weighted by Gasteiger charge is 2.20. The van der Waals surface area contributed by atoms with Gasteiger partial charge in [-0.25, -0.2) is 9.37 Å². The van der Waals surface area contributed by atoms with Crippen LogP contribution < -0.4 is 4.72 Å². The molecule has 0 saturated carbocycles. The molecule has 0 bridgehead atoms. The van der Waals surface area contributed by atoms with Crippen LogP contribution in [0.25, 0.3) is 0 Å². The summed E-state index contributed by atoms with van der Waals surface area (Å²) in [5, 5.41) is 8.23. The number of anilines is 1. The Morgan fingerprint density at radius 3 is 2.47 bits per heavy atom. The van der Waals surface area contributed by atoms with E-state index in [1.165, 1.54) is 24.4 Å². The molecule has 7 heteroatoms. The summed E-state index contributed by atoms with van der Waals surface area (Å²) in [6, 6.07) is 8.41. The molecule has 0 saturated heterocycles. The van der Waals surface area contributed by atoms with Crippen LogP contribution in [0.4, 0.5) is 10.1 Å². The molecule has 0 aliphatic rings. The molecule has 0 fully saturated rings. The van der Waals surface area contributed by atoms with Gasteiger partial charge in [-0.1, -0.05) is 12.1 Å². The van der Waals surface area contributed by atoms with E-state index in [0.29, 0.717) is 5.56 Å². The third-order valence-electron chi connectivity index (χ3n) is 2.37. The van der Waals surface area contributed by atoms with E-state index < -0.39 is 20.9 Å². The van der Waals surface area contributed by atoms with Crippen molar-refractivity contribution in [3.05, 3.63) is 54.0 Å². The molecule has 0 atom stereocenters. The zero-order valence-electron chi connectivity index (χ0n) is 9.75. The fourth-order valence-electron chi connectivity index (χ4n) is 1.45. The van der Waals surface area contributed by atoms with Gasteiger partial charge in [0.25, 0.3) is 10.0 Å². The third kappa shape index (κ3) is 3.07. The van der Waals surface area contributed by atoms with E-state index in [1.807, 2.05) is 0 Å². The van der Waals surface area contributed by atoms with E-state index in [2.05, 4.69) is 9.71 Å². The number of hydrogen-bond acceptors (Lipinski definition) is 4. The number of rotatable bonds is 4. The van der Waals surface area contributed by atoms with Gasteiger partial charge in [-0.15, -0.1) is 0 Å². The van der Waals surface area contributed by atoms with Gasteiger partial charge >= 0.3 is 0 Å². The van der Waals surface area contributed by atoms with Crippen molar-refractivity contribution in [3.8, 4) is 0 Å². The number of nitrogens with zero attached hydrogens (tertiary/aromatic N) is 1. The van der Waals surface area contributed by atoms with Gasteiger partial charge in [0.2, 0.25) is 5.03 Å². The monoisotopic (exact) mass is 282 g/mol. The molecule has 0 unspecified atom stereocenters. The van der Waals surface area contributed by atoms with Crippen molar-refractivity contribution < 1.29 is 17.9 Å². The van der Waals surface area contributed by atoms with Crippen LogP contribution in [-0.2, 0) is 16.6 Å². The smallest absolute Gasteiger partial charge is 0.282 e. The van der Waals surface area contributed by atoms with Crippen LogP contribution in [0.15, 0.2) is 47.6 Å². The standard InChI is InChI=1S/C12H11FN2O3S/c13-11-2-1-7-14-12(11)19(17,18)15-10-5-3-9(8-16)4-6-10/h1-7,15-16H,8H2. The molecule has 0 aliphatic heterocycles. The highest BCUT2D eigenvalue weighted by molar-refractivity contribution is 7.92. The number of pyridine rings is 1. The summed E-state index contributed by atoms with van der Waals surface area (Å²) in [4.78, 5) is 3.51. The Kier molecular flexibility index (Phi) is 3.77. The van der Waals surface area contributed by atoms with Crippen molar-refractivity contribution in [1.29, 1.82) is 0 Å². The van der Waals surface area contributed by atoms with Crippen molar-refractivity contribution in [1.82, 2.24) is 4.98 Å². The Labute approximate surface area is 109 Å². The van der Waals surface area contributed by atoms with Crippen LogP contribution >= 0.6 is 0 Å². The zero-order chi connectivity index (χ0) is 13.9. The highest BCUT2D eigenvalue weighted by Crippen LogP contribution is 2.17. The lowest BCUT2D eigenvalue weighted by Crippen LogP contribution is -2.16. The summed E-state index contributed by atoms with van der Waals surface area (Å²) in [6.07, 6.45) is 1.20. The van der Waals surface area contributed by atoms with Crippen LogP contribution in [0.5, 0.6) is 0 Å². The minimum absolute atomic E-state index is 0.137. The third-order valence-corrected chi connectivity index (χ3v) is 3.68. The average molecular weight is 282 g/mol. The van der Waals surface area contributed by atoms with Crippen molar-refractivity contribution in [2.24, 2.45) is 0 Å². The predicted octanol–water partition coefficient (Wildman–Crippen LogP) is 1.51. The first-order valence-corrected chi connectivity index (χ1v) is 6.84. The maximum absolute atomic E-state index is 13.4. The molecule has 0 spiro atoms. The van der Waals surface area contributed by atoms with Gasteiger partial charge in [-0.2, -0.15) is 8.42 Å². The lowest BCUT2D eigenvalue weighted by molar-refractivity contribution is 0.282. The molecular weight excluding hydrogens is 271 g/mol. The molecule has 19 heavy (non-hydrogen) atoms. The second-order valence-electron chi connectivity index (χ2n) is 3.75. The number of aliphatic hydroxyl groups is 1. The summed E-state index contributed by atoms with van der Waals surface area (Å²) in [7, 11) is -4.06. The molecule has 1 heterocycles. The van der Waals surface area contributed by atoms with Crippen LogP contribution in [-0.4, -0.2) is 18.5 Å². The largest absolute Gasteiger partial charge is 0.392 e. The second-order valence-corrected chi connectivity index (χ2v) is 5.35. The predicted molar refractivity (Wildman–Crippen MR) is 67.4 cm³/mol. The molecule has 0 amide bonds. The lowest BCUT2D eigenvalue weighted by Gasteiger charge is -2.08. The minimum Gasteiger partial charge on any atom is -0.392 e. The Balaban J connectivity index is 2.28. The number of sulfonamides is 1. The van der Waals surface area contributed by atoms with Crippen molar-refractivity contribution >= 4 is 15.7 Å². The van der Waals surface area contributed by atoms with E-state index in [4.69, 9.17) is 5.11 Å². The van der Waals surface area contributed by atoms with Crippen molar-refractivity contribution in [2.45, 2.75) is 11.6 Å². The molecule has 1 aromatic carbocycles. The quantitative estimate of drug-likeness (QED) is 0.891. The number of aliphatic hydroxyl groups excluding tert-OH is 1. The molecular formula is C12H11FN2O3S. The zero-order valence-corrected chi connectivity index (χ0v) is 10.6. The fraction of sp³-hybridized carbons (Fsp3) is 0.0833. The van der Waals surface area contributed by atoms with E-state index >= 15 is 0 Å². The van der Waals surface area contributed by atoms with Crippen LogP contribution in [0.1, 0.15) is 5.56 Å². The van der Waals surface area contributed by atoms with E-state index in [1.54, 1.807) is 12.1 Å². The highest BCUT2D eigenvalue weighted by atomic mass is 32.2. The summed E-state index contributed by atoms with van der Waals surface area (Å²) in [5.41, 5.74) is 0.911. The maximum atomic E-state index is 13.4. The number of aromatic nitrogens is 1. The summed E-state index contributed by atoms with van der Waals surface area (Å²) < 4.78 is 39.4. The van der Waals surface area contributed by atoms with Crippen molar-refractivity contribution in [3.63, 3.8) is 0 Å². The molecule has 2 rings (SSSR count). The van der Waals surface area contributed by atoms with E-state index in [-0.39, 0.29) is 12.3 Å². The summed E-state index contributed by atoms with van der Waals surface area (Å²) >= 11 is 0. The minimum atomic E-state index is -4.06. The first-order valence-electron chi connectivity index (χ1n) is 5.36. The number of hydrogen-bond donors (Lipinski definition) is 2. The molecule has 0 aliphatic carbocycles. The first-order chi connectivity index (χ1) is 9.03. The van der Waals surface area contributed by atoms with E-state index in [9.17, 15) is 12.8 Å². The first kappa shape index (κ1) is 13.4. The number of benzene rings is 1. The molecule has 1 aromatic heterocycles. The Bertz CT molecular complexity index is 672. The van der Waals surface area contributed by atoms with Gasteiger partial charge in [0.15, 0.2) is 5.82 Å². The molecule has 0 radical (unpaired) electrons. The Morgan fingerprint density at radius 1 is 1.21 bits per heavy atom. The topological polar surface area (TPSA) is 79.3 Å². The second kappa shape index (κ2) is 5.33. The van der Waals surface area contributed by atoms with Crippen LogP contribution in [0.2, 0.25) is 0 Å². The molecule has 5 nitrogen and oxygen atoms in total.